The molecule has 1 atom stereocenters. The number of nitrogens with zero attached hydrogens (tertiary/aromatic N) is 3. The molecule has 0 radical (unpaired) electrons. The highest BCUT2D eigenvalue weighted by atomic mass is 19.4. The summed E-state index contributed by atoms with van der Waals surface area (Å²) in [6, 6.07) is -0.397. The maximum absolute atomic E-state index is 12.4. The van der Waals surface area contributed by atoms with Crippen molar-refractivity contribution in [1.29, 1.82) is 0 Å². The van der Waals surface area contributed by atoms with Gasteiger partial charge in [-0.3, -0.25) is 4.90 Å². The molecule has 17 heavy (non-hydrogen) atoms. The molecule has 1 aromatic heterocycles. The molecule has 2 rings (SSSR count). The van der Waals surface area contributed by atoms with Crippen LogP contribution in [-0.2, 0) is 0 Å². The Labute approximate surface area is 96.8 Å². The predicted octanol–water partition coefficient (Wildman–Crippen LogP) is 2.47. The second-order valence-corrected chi connectivity index (χ2v) is 4.28. The molecule has 1 aromatic rings. The molecule has 1 aliphatic rings. The van der Waals surface area contributed by atoms with Gasteiger partial charge in [0.15, 0.2) is 5.82 Å². The SMILES string of the molecule is Cc1noc([C@@H]2CCCCN2CC(F)(F)F)n1. The summed E-state index contributed by atoms with van der Waals surface area (Å²) in [6.45, 7) is 1.16. The van der Waals surface area contributed by atoms with Gasteiger partial charge < -0.3 is 4.52 Å². The Morgan fingerprint density at radius 1 is 1.41 bits per heavy atom. The van der Waals surface area contributed by atoms with E-state index >= 15 is 0 Å². The number of halogens is 3. The highest BCUT2D eigenvalue weighted by Crippen LogP contribution is 2.32. The van der Waals surface area contributed by atoms with Crippen molar-refractivity contribution in [3.8, 4) is 0 Å². The minimum atomic E-state index is -4.19. The third kappa shape index (κ3) is 3.18. The molecule has 1 fully saturated rings. The number of alkyl halides is 3. The first kappa shape index (κ1) is 12.3. The van der Waals surface area contributed by atoms with Crippen LogP contribution in [0.4, 0.5) is 13.2 Å². The van der Waals surface area contributed by atoms with Crippen molar-refractivity contribution >= 4 is 0 Å². The number of aromatic nitrogens is 2. The standard InChI is InChI=1S/C10H14F3N3O/c1-7-14-9(17-15-7)8-4-2-3-5-16(8)6-10(11,12)13/h8H,2-6H2,1H3/t8-/m0/s1. The summed E-state index contributed by atoms with van der Waals surface area (Å²) in [5, 5.41) is 3.63. The van der Waals surface area contributed by atoms with Gasteiger partial charge in [0, 0.05) is 0 Å². The molecule has 0 N–H and O–H groups in total. The summed E-state index contributed by atoms with van der Waals surface area (Å²) >= 11 is 0. The van der Waals surface area contributed by atoms with Gasteiger partial charge >= 0.3 is 6.18 Å². The number of aryl methyl sites for hydroxylation is 1. The largest absolute Gasteiger partial charge is 0.401 e. The lowest BCUT2D eigenvalue weighted by Gasteiger charge is -2.33. The number of piperidine rings is 1. The van der Waals surface area contributed by atoms with Gasteiger partial charge in [0.05, 0.1) is 12.6 Å². The van der Waals surface area contributed by atoms with Crippen LogP contribution in [0, 0.1) is 6.92 Å². The van der Waals surface area contributed by atoms with Crippen LogP contribution in [0.5, 0.6) is 0 Å². The molecule has 1 aliphatic heterocycles. The van der Waals surface area contributed by atoms with Crippen molar-refractivity contribution in [1.82, 2.24) is 15.0 Å². The number of likely N-dealkylation sites (tertiary alicyclic amines) is 1. The first-order chi connectivity index (χ1) is 7.96. The maximum atomic E-state index is 12.4. The van der Waals surface area contributed by atoms with E-state index in [0.717, 1.165) is 12.8 Å². The highest BCUT2D eigenvalue weighted by molar-refractivity contribution is 4.94. The van der Waals surface area contributed by atoms with Crippen LogP contribution in [0.2, 0.25) is 0 Å². The zero-order valence-corrected chi connectivity index (χ0v) is 9.50. The van der Waals surface area contributed by atoms with E-state index in [9.17, 15) is 13.2 Å². The molecule has 1 saturated heterocycles. The van der Waals surface area contributed by atoms with Crippen LogP contribution in [0.25, 0.3) is 0 Å². The fraction of sp³-hybridized carbons (Fsp3) is 0.800. The molecule has 4 nitrogen and oxygen atoms in total. The Morgan fingerprint density at radius 2 is 2.18 bits per heavy atom. The fourth-order valence-corrected chi connectivity index (χ4v) is 2.14. The van der Waals surface area contributed by atoms with Gasteiger partial charge in [0.25, 0.3) is 0 Å². The Kier molecular flexibility index (Phi) is 3.37. The van der Waals surface area contributed by atoms with Crippen molar-refractivity contribution in [2.45, 2.75) is 38.4 Å². The van der Waals surface area contributed by atoms with Gasteiger partial charge in [-0.05, 0) is 26.3 Å². The third-order valence-electron chi connectivity index (χ3n) is 2.82. The Morgan fingerprint density at radius 3 is 2.76 bits per heavy atom. The molecule has 0 spiro atoms. The second kappa shape index (κ2) is 4.64. The van der Waals surface area contributed by atoms with Crippen LogP contribution in [0.1, 0.15) is 37.0 Å². The predicted molar refractivity (Wildman–Crippen MR) is 53.3 cm³/mol. The first-order valence-corrected chi connectivity index (χ1v) is 5.57. The monoisotopic (exact) mass is 249 g/mol. The normalized spacial score (nSPS) is 22.9. The molecular formula is C10H14F3N3O. The molecule has 0 amide bonds. The molecule has 2 heterocycles. The lowest BCUT2D eigenvalue weighted by atomic mass is 10.0. The van der Waals surface area contributed by atoms with Gasteiger partial charge in [-0.1, -0.05) is 11.6 Å². The fourth-order valence-electron chi connectivity index (χ4n) is 2.14. The number of hydrogen-bond acceptors (Lipinski definition) is 4. The van der Waals surface area contributed by atoms with Crippen LogP contribution >= 0.6 is 0 Å². The smallest absolute Gasteiger partial charge is 0.338 e. The molecule has 7 heteroatoms. The van der Waals surface area contributed by atoms with Gasteiger partial charge in [-0.15, -0.1) is 0 Å². The van der Waals surface area contributed by atoms with Gasteiger partial charge in [0.1, 0.15) is 0 Å². The van der Waals surface area contributed by atoms with Crippen LogP contribution in [0.3, 0.4) is 0 Å². The minimum Gasteiger partial charge on any atom is -0.338 e. The van der Waals surface area contributed by atoms with E-state index in [1.165, 1.54) is 4.90 Å². The zero-order valence-electron chi connectivity index (χ0n) is 9.50. The van der Waals surface area contributed by atoms with E-state index in [-0.39, 0.29) is 0 Å². The Balaban J connectivity index is 2.12. The molecule has 0 aliphatic carbocycles. The number of rotatable bonds is 2. The molecule has 96 valence electrons. The van der Waals surface area contributed by atoms with Crippen LogP contribution in [-0.4, -0.2) is 34.3 Å². The summed E-state index contributed by atoms with van der Waals surface area (Å²) in [4.78, 5) is 5.40. The van der Waals surface area contributed by atoms with E-state index in [1.807, 2.05) is 0 Å². The topological polar surface area (TPSA) is 42.2 Å². The van der Waals surface area contributed by atoms with E-state index in [1.54, 1.807) is 6.92 Å². The summed E-state index contributed by atoms with van der Waals surface area (Å²) in [5.41, 5.74) is 0. The first-order valence-electron chi connectivity index (χ1n) is 5.57. The van der Waals surface area contributed by atoms with Gasteiger partial charge in [-0.25, -0.2) is 0 Å². The quantitative estimate of drug-likeness (QED) is 0.807. The Hall–Kier alpha value is -1.11. The lowest BCUT2D eigenvalue weighted by Crippen LogP contribution is -2.40. The van der Waals surface area contributed by atoms with E-state index in [0.29, 0.717) is 24.7 Å². The zero-order chi connectivity index (χ0) is 12.5. The average Bonchev–Trinajstić information content (AvgIpc) is 2.63. The summed E-state index contributed by atoms with van der Waals surface area (Å²) in [7, 11) is 0. The molecule has 0 saturated carbocycles. The van der Waals surface area contributed by atoms with E-state index in [2.05, 4.69) is 10.1 Å². The molecule has 0 unspecified atom stereocenters. The van der Waals surface area contributed by atoms with E-state index < -0.39 is 18.8 Å². The van der Waals surface area contributed by atoms with Crippen molar-refractivity contribution < 1.29 is 17.7 Å². The second-order valence-electron chi connectivity index (χ2n) is 4.28. The summed E-state index contributed by atoms with van der Waals surface area (Å²) in [5.74, 6) is 0.754. The van der Waals surface area contributed by atoms with Gasteiger partial charge in [-0.2, -0.15) is 18.2 Å². The Bertz CT molecular complexity index is 377. The summed E-state index contributed by atoms with van der Waals surface area (Å²) in [6.07, 6.45) is -1.89. The molecule has 0 aromatic carbocycles. The summed E-state index contributed by atoms with van der Waals surface area (Å²) < 4.78 is 42.3. The van der Waals surface area contributed by atoms with Gasteiger partial charge in [0.2, 0.25) is 5.89 Å². The van der Waals surface area contributed by atoms with Crippen LogP contribution in [0.15, 0.2) is 4.52 Å². The molecule has 0 bridgehead atoms. The maximum Gasteiger partial charge on any atom is 0.401 e. The van der Waals surface area contributed by atoms with Crippen molar-refractivity contribution in [2.24, 2.45) is 0 Å². The van der Waals surface area contributed by atoms with Crippen molar-refractivity contribution in [3.63, 3.8) is 0 Å². The van der Waals surface area contributed by atoms with Crippen molar-refractivity contribution in [2.75, 3.05) is 13.1 Å². The number of hydrogen-bond donors (Lipinski definition) is 0. The average molecular weight is 249 g/mol. The highest BCUT2D eigenvalue weighted by Gasteiger charge is 2.37. The van der Waals surface area contributed by atoms with Crippen LogP contribution < -0.4 is 0 Å². The van der Waals surface area contributed by atoms with E-state index in [4.69, 9.17) is 4.52 Å². The minimum absolute atomic E-state index is 0.298. The van der Waals surface area contributed by atoms with Crippen molar-refractivity contribution in [3.05, 3.63) is 11.7 Å². The third-order valence-corrected chi connectivity index (χ3v) is 2.82. The molecular weight excluding hydrogens is 235 g/mol. The lowest BCUT2D eigenvalue weighted by molar-refractivity contribution is -0.155.